The van der Waals surface area contributed by atoms with Crippen molar-refractivity contribution in [1.29, 1.82) is 0 Å². The van der Waals surface area contributed by atoms with Crippen molar-refractivity contribution in [3.63, 3.8) is 0 Å². The van der Waals surface area contributed by atoms with Gasteiger partial charge in [0.05, 0.1) is 5.75 Å². The molecule has 1 fully saturated rings. The average molecular weight is 188 g/mol. The van der Waals surface area contributed by atoms with Crippen molar-refractivity contribution in [3.8, 4) is 0 Å². The lowest BCUT2D eigenvalue weighted by molar-refractivity contribution is -0.131. The number of nitrogens with one attached hydrogen (secondary N) is 1. The average Bonchev–Trinajstić information content (AvgIpc) is 2.05. The summed E-state index contributed by atoms with van der Waals surface area (Å²) in [5, 5.41) is 3.26. The number of rotatable bonds is 2. The maximum Gasteiger partial charge on any atom is 0.232 e. The van der Waals surface area contributed by atoms with E-state index < -0.39 is 0 Å². The molecule has 0 aromatic carbocycles. The van der Waals surface area contributed by atoms with Gasteiger partial charge in [0, 0.05) is 25.7 Å². The minimum atomic E-state index is 0.275. The van der Waals surface area contributed by atoms with Gasteiger partial charge in [-0.25, -0.2) is 0 Å². The Morgan fingerprint density at radius 2 is 2.50 bits per heavy atom. The van der Waals surface area contributed by atoms with Crippen LogP contribution in [0, 0.1) is 0 Å². The first-order valence-electron chi connectivity index (χ1n) is 4.25. The van der Waals surface area contributed by atoms with Crippen LogP contribution in [0.3, 0.4) is 0 Å². The van der Waals surface area contributed by atoms with Crippen molar-refractivity contribution in [3.05, 3.63) is 0 Å². The van der Waals surface area contributed by atoms with Gasteiger partial charge in [-0.05, 0) is 13.2 Å². The Balaban J connectivity index is 2.42. The molecule has 4 heteroatoms. The molecule has 0 spiro atoms. The lowest BCUT2D eigenvalue weighted by atomic mass is 10.2. The molecule has 0 aliphatic carbocycles. The molecule has 1 aliphatic rings. The van der Waals surface area contributed by atoms with Crippen LogP contribution < -0.4 is 5.32 Å². The molecule has 1 rings (SSSR count). The van der Waals surface area contributed by atoms with Gasteiger partial charge in [-0.2, -0.15) is 11.8 Å². The van der Waals surface area contributed by atoms with Crippen LogP contribution in [0.15, 0.2) is 0 Å². The van der Waals surface area contributed by atoms with E-state index in [1.807, 2.05) is 11.2 Å². The molecule has 1 heterocycles. The van der Waals surface area contributed by atoms with Gasteiger partial charge in [-0.3, -0.25) is 4.79 Å². The summed E-state index contributed by atoms with van der Waals surface area (Å²) in [4.78, 5) is 13.5. The topological polar surface area (TPSA) is 32.3 Å². The van der Waals surface area contributed by atoms with Crippen LogP contribution in [0.5, 0.6) is 0 Å². The standard InChI is InChI=1S/C8H16N2OS/c1-7-5-9-3-4-10(7)8(11)6-12-2/h7,9H,3-6H2,1-2H3/t7-/m0/s1. The molecule has 70 valence electrons. The Kier molecular flexibility index (Phi) is 3.88. The third kappa shape index (κ3) is 2.38. The SMILES string of the molecule is CSCC(=O)N1CCNC[C@@H]1C. The highest BCUT2D eigenvalue weighted by Crippen LogP contribution is 2.05. The number of hydrogen-bond acceptors (Lipinski definition) is 3. The fraction of sp³-hybridized carbons (Fsp3) is 0.875. The Morgan fingerprint density at radius 3 is 3.08 bits per heavy atom. The molecule has 0 bridgehead atoms. The number of hydrogen-bond donors (Lipinski definition) is 1. The lowest BCUT2D eigenvalue weighted by Gasteiger charge is -2.33. The Hall–Kier alpha value is -0.220. The number of nitrogens with zero attached hydrogens (tertiary/aromatic N) is 1. The van der Waals surface area contributed by atoms with Crippen LogP contribution >= 0.6 is 11.8 Å². The summed E-state index contributed by atoms with van der Waals surface area (Å²) in [6.07, 6.45) is 1.96. The lowest BCUT2D eigenvalue weighted by Crippen LogP contribution is -2.52. The van der Waals surface area contributed by atoms with Gasteiger partial charge in [0.25, 0.3) is 0 Å². The number of amides is 1. The molecule has 0 aromatic rings. The molecule has 1 atom stereocenters. The molecule has 0 aromatic heterocycles. The van der Waals surface area contributed by atoms with Crippen LogP contribution in [0.2, 0.25) is 0 Å². The van der Waals surface area contributed by atoms with Gasteiger partial charge in [0.15, 0.2) is 0 Å². The van der Waals surface area contributed by atoms with E-state index in [4.69, 9.17) is 0 Å². The summed E-state index contributed by atoms with van der Waals surface area (Å²) >= 11 is 1.59. The van der Waals surface area contributed by atoms with E-state index in [0.717, 1.165) is 19.6 Å². The van der Waals surface area contributed by atoms with Gasteiger partial charge in [-0.15, -0.1) is 0 Å². The Labute approximate surface area is 77.9 Å². The molecule has 12 heavy (non-hydrogen) atoms. The molecule has 0 radical (unpaired) electrons. The van der Waals surface area contributed by atoms with E-state index in [1.165, 1.54) is 0 Å². The number of piperazine rings is 1. The number of carbonyl (C=O) groups is 1. The second-order valence-electron chi connectivity index (χ2n) is 3.07. The van der Waals surface area contributed by atoms with Crippen molar-refractivity contribution in [1.82, 2.24) is 10.2 Å². The van der Waals surface area contributed by atoms with E-state index in [-0.39, 0.29) is 5.91 Å². The summed E-state index contributed by atoms with van der Waals surface area (Å²) in [6, 6.07) is 0.360. The van der Waals surface area contributed by atoms with Crippen molar-refractivity contribution < 1.29 is 4.79 Å². The summed E-state index contributed by atoms with van der Waals surface area (Å²) in [5.74, 6) is 0.890. The third-order valence-electron chi connectivity index (χ3n) is 2.09. The fourth-order valence-corrected chi connectivity index (χ4v) is 1.83. The van der Waals surface area contributed by atoms with Crippen LogP contribution in [-0.4, -0.2) is 48.5 Å². The highest BCUT2D eigenvalue weighted by Gasteiger charge is 2.21. The quantitative estimate of drug-likeness (QED) is 0.670. The van der Waals surface area contributed by atoms with E-state index in [0.29, 0.717) is 11.8 Å². The van der Waals surface area contributed by atoms with E-state index >= 15 is 0 Å². The molecule has 0 saturated carbocycles. The molecule has 1 aliphatic heterocycles. The van der Waals surface area contributed by atoms with Crippen molar-refractivity contribution in [2.75, 3.05) is 31.6 Å². The minimum Gasteiger partial charge on any atom is -0.337 e. The van der Waals surface area contributed by atoms with Crippen molar-refractivity contribution in [2.24, 2.45) is 0 Å². The van der Waals surface area contributed by atoms with Crippen LogP contribution in [0.1, 0.15) is 6.92 Å². The van der Waals surface area contributed by atoms with Crippen LogP contribution in [-0.2, 0) is 4.79 Å². The first-order valence-corrected chi connectivity index (χ1v) is 5.64. The molecular weight excluding hydrogens is 172 g/mol. The molecular formula is C8H16N2OS. The second kappa shape index (κ2) is 4.72. The predicted molar refractivity (Wildman–Crippen MR) is 52.4 cm³/mol. The zero-order valence-electron chi connectivity index (χ0n) is 7.67. The first kappa shape index (κ1) is 9.86. The molecule has 1 amide bonds. The maximum atomic E-state index is 11.5. The number of carbonyl (C=O) groups excluding carboxylic acids is 1. The van der Waals surface area contributed by atoms with E-state index in [9.17, 15) is 4.79 Å². The first-order chi connectivity index (χ1) is 5.75. The van der Waals surface area contributed by atoms with Gasteiger partial charge in [-0.1, -0.05) is 0 Å². The zero-order chi connectivity index (χ0) is 8.97. The van der Waals surface area contributed by atoms with Gasteiger partial charge in [0.2, 0.25) is 5.91 Å². The Bertz CT molecular complexity index is 163. The Morgan fingerprint density at radius 1 is 1.75 bits per heavy atom. The maximum absolute atomic E-state index is 11.5. The monoisotopic (exact) mass is 188 g/mol. The van der Waals surface area contributed by atoms with E-state index in [2.05, 4.69) is 12.2 Å². The van der Waals surface area contributed by atoms with Crippen LogP contribution in [0.4, 0.5) is 0 Å². The summed E-state index contributed by atoms with van der Waals surface area (Å²) in [6.45, 7) is 4.82. The third-order valence-corrected chi connectivity index (χ3v) is 2.63. The normalized spacial score (nSPS) is 24.2. The smallest absolute Gasteiger partial charge is 0.232 e. The van der Waals surface area contributed by atoms with Crippen molar-refractivity contribution >= 4 is 17.7 Å². The molecule has 1 saturated heterocycles. The summed E-state index contributed by atoms with van der Waals surface area (Å²) in [7, 11) is 0. The minimum absolute atomic E-state index is 0.275. The largest absolute Gasteiger partial charge is 0.337 e. The predicted octanol–water partition coefficient (Wildman–Crippen LogP) is 0.170. The van der Waals surface area contributed by atoms with Crippen LogP contribution in [0.25, 0.3) is 0 Å². The highest BCUT2D eigenvalue weighted by atomic mass is 32.2. The van der Waals surface area contributed by atoms with Gasteiger partial charge in [0.1, 0.15) is 0 Å². The number of thioether (sulfide) groups is 1. The molecule has 1 N–H and O–H groups in total. The van der Waals surface area contributed by atoms with Crippen molar-refractivity contribution in [2.45, 2.75) is 13.0 Å². The van der Waals surface area contributed by atoms with E-state index in [1.54, 1.807) is 11.8 Å². The fourth-order valence-electron chi connectivity index (χ4n) is 1.42. The molecule has 3 nitrogen and oxygen atoms in total. The zero-order valence-corrected chi connectivity index (χ0v) is 8.49. The van der Waals surface area contributed by atoms with Gasteiger partial charge < -0.3 is 10.2 Å². The highest BCUT2D eigenvalue weighted by molar-refractivity contribution is 7.99. The molecule has 0 unspecified atom stereocenters. The summed E-state index contributed by atoms with van der Waals surface area (Å²) < 4.78 is 0. The second-order valence-corrected chi connectivity index (χ2v) is 3.94. The van der Waals surface area contributed by atoms with Gasteiger partial charge >= 0.3 is 0 Å². The summed E-state index contributed by atoms with van der Waals surface area (Å²) in [5.41, 5.74) is 0.